The first kappa shape index (κ1) is 19.9. The van der Waals surface area contributed by atoms with Gasteiger partial charge in [0.2, 0.25) is 11.8 Å². The summed E-state index contributed by atoms with van der Waals surface area (Å²) in [6, 6.07) is 11.4. The van der Waals surface area contributed by atoms with E-state index < -0.39 is 0 Å². The summed E-state index contributed by atoms with van der Waals surface area (Å²) in [7, 11) is 1.60. The summed E-state index contributed by atoms with van der Waals surface area (Å²) < 4.78 is 23.9. The zero-order valence-corrected chi connectivity index (χ0v) is 16.5. The van der Waals surface area contributed by atoms with Gasteiger partial charge in [0.25, 0.3) is 5.22 Å². The highest BCUT2D eigenvalue weighted by Gasteiger charge is 2.16. The standard InChI is InChI=1S/C20H20FN3O3S/c1-12-4-9-17(26-3)16(10-12)13(2)22-18(25)11-28-20-24-23-19(27-20)14-5-7-15(21)8-6-14/h4-10,13H,11H2,1-3H3,(H,22,25)/t13-/m1/s1. The van der Waals surface area contributed by atoms with Crippen molar-refractivity contribution in [3.8, 4) is 17.2 Å². The Kier molecular flexibility index (Phi) is 6.30. The topological polar surface area (TPSA) is 77.2 Å². The van der Waals surface area contributed by atoms with Gasteiger partial charge >= 0.3 is 0 Å². The first-order valence-electron chi connectivity index (χ1n) is 8.62. The molecule has 1 heterocycles. The molecule has 1 aromatic heterocycles. The van der Waals surface area contributed by atoms with Crippen LogP contribution in [0.25, 0.3) is 11.5 Å². The van der Waals surface area contributed by atoms with E-state index in [9.17, 15) is 9.18 Å². The molecular weight excluding hydrogens is 381 g/mol. The SMILES string of the molecule is COc1ccc(C)cc1[C@@H](C)NC(=O)CSc1nnc(-c2ccc(F)cc2)o1. The first-order chi connectivity index (χ1) is 13.5. The Morgan fingerprint density at radius 3 is 2.71 bits per heavy atom. The number of nitrogens with zero attached hydrogens (tertiary/aromatic N) is 2. The molecule has 0 aliphatic carbocycles. The van der Waals surface area contributed by atoms with Gasteiger partial charge in [0.1, 0.15) is 11.6 Å². The van der Waals surface area contributed by atoms with Crippen molar-refractivity contribution in [3.05, 3.63) is 59.4 Å². The number of rotatable bonds is 7. The van der Waals surface area contributed by atoms with E-state index in [4.69, 9.17) is 9.15 Å². The molecule has 0 aliphatic heterocycles. The average molecular weight is 401 g/mol. The molecule has 0 bridgehead atoms. The van der Waals surface area contributed by atoms with E-state index in [-0.39, 0.29) is 34.6 Å². The molecule has 0 spiro atoms. The Balaban J connectivity index is 1.57. The van der Waals surface area contributed by atoms with Crippen LogP contribution in [0.2, 0.25) is 0 Å². The van der Waals surface area contributed by atoms with Crippen molar-refractivity contribution in [3.63, 3.8) is 0 Å². The number of aryl methyl sites for hydroxylation is 1. The maximum absolute atomic E-state index is 13.0. The minimum Gasteiger partial charge on any atom is -0.496 e. The molecule has 6 nitrogen and oxygen atoms in total. The lowest BCUT2D eigenvalue weighted by atomic mass is 10.0. The zero-order valence-electron chi connectivity index (χ0n) is 15.7. The fraction of sp³-hybridized carbons (Fsp3) is 0.250. The van der Waals surface area contributed by atoms with E-state index >= 15 is 0 Å². The summed E-state index contributed by atoms with van der Waals surface area (Å²) in [5, 5.41) is 11.1. The highest BCUT2D eigenvalue weighted by Crippen LogP contribution is 2.27. The monoisotopic (exact) mass is 401 g/mol. The second kappa shape index (κ2) is 8.88. The Labute approximate surface area is 166 Å². The molecule has 0 saturated carbocycles. The van der Waals surface area contributed by atoms with Gasteiger partial charge in [0.05, 0.1) is 18.9 Å². The third-order valence-electron chi connectivity index (χ3n) is 4.05. The van der Waals surface area contributed by atoms with Crippen molar-refractivity contribution in [2.45, 2.75) is 25.1 Å². The van der Waals surface area contributed by atoms with Crippen LogP contribution in [0.1, 0.15) is 24.1 Å². The van der Waals surface area contributed by atoms with Crippen molar-refractivity contribution < 1.29 is 18.3 Å². The first-order valence-corrected chi connectivity index (χ1v) is 9.61. The van der Waals surface area contributed by atoms with Gasteiger partial charge in [-0.3, -0.25) is 4.79 Å². The lowest BCUT2D eigenvalue weighted by molar-refractivity contribution is -0.119. The van der Waals surface area contributed by atoms with Gasteiger partial charge in [-0.1, -0.05) is 29.5 Å². The Bertz CT molecular complexity index is 960. The molecule has 146 valence electrons. The molecule has 3 aromatic rings. The van der Waals surface area contributed by atoms with E-state index in [2.05, 4.69) is 15.5 Å². The zero-order chi connectivity index (χ0) is 20.1. The van der Waals surface area contributed by atoms with E-state index in [1.165, 1.54) is 12.1 Å². The molecule has 1 amide bonds. The lowest BCUT2D eigenvalue weighted by Gasteiger charge is -2.17. The Hall–Kier alpha value is -2.87. The second-order valence-electron chi connectivity index (χ2n) is 6.20. The van der Waals surface area contributed by atoms with Gasteiger partial charge in [-0.05, 0) is 44.2 Å². The minimum absolute atomic E-state index is 0.128. The second-order valence-corrected chi connectivity index (χ2v) is 7.13. The van der Waals surface area contributed by atoms with Crippen LogP contribution in [0, 0.1) is 12.7 Å². The number of amides is 1. The van der Waals surface area contributed by atoms with Gasteiger partial charge in [0, 0.05) is 11.1 Å². The quantitative estimate of drug-likeness (QED) is 0.599. The number of ether oxygens (including phenoxy) is 1. The Morgan fingerprint density at radius 2 is 2.00 bits per heavy atom. The molecule has 2 aromatic carbocycles. The largest absolute Gasteiger partial charge is 0.496 e. The number of aromatic nitrogens is 2. The van der Waals surface area contributed by atoms with E-state index in [1.807, 2.05) is 32.0 Å². The van der Waals surface area contributed by atoms with Gasteiger partial charge in [-0.25, -0.2) is 4.39 Å². The van der Waals surface area contributed by atoms with Gasteiger partial charge < -0.3 is 14.5 Å². The van der Waals surface area contributed by atoms with E-state index in [0.717, 1.165) is 28.6 Å². The molecule has 8 heteroatoms. The maximum Gasteiger partial charge on any atom is 0.277 e. The molecule has 1 atom stereocenters. The highest BCUT2D eigenvalue weighted by molar-refractivity contribution is 7.99. The van der Waals surface area contributed by atoms with Gasteiger partial charge in [0.15, 0.2) is 0 Å². The maximum atomic E-state index is 13.0. The van der Waals surface area contributed by atoms with Crippen molar-refractivity contribution >= 4 is 17.7 Å². The molecular formula is C20H20FN3O3S. The smallest absolute Gasteiger partial charge is 0.277 e. The van der Waals surface area contributed by atoms with E-state index in [1.54, 1.807) is 19.2 Å². The highest BCUT2D eigenvalue weighted by atomic mass is 32.2. The Morgan fingerprint density at radius 1 is 1.25 bits per heavy atom. The van der Waals surface area contributed by atoms with Crippen LogP contribution in [-0.2, 0) is 4.79 Å². The fourth-order valence-corrected chi connectivity index (χ4v) is 3.23. The van der Waals surface area contributed by atoms with Crippen LogP contribution >= 0.6 is 11.8 Å². The van der Waals surface area contributed by atoms with Crippen molar-refractivity contribution in [1.29, 1.82) is 0 Å². The molecule has 0 unspecified atom stereocenters. The minimum atomic E-state index is -0.339. The number of methoxy groups -OCH3 is 1. The summed E-state index contributed by atoms with van der Waals surface area (Å²) in [6.45, 7) is 3.89. The van der Waals surface area contributed by atoms with Crippen LogP contribution in [0.3, 0.4) is 0 Å². The van der Waals surface area contributed by atoms with Crippen LogP contribution in [0.5, 0.6) is 5.75 Å². The van der Waals surface area contributed by atoms with Crippen molar-refractivity contribution in [2.75, 3.05) is 12.9 Å². The summed E-state index contributed by atoms with van der Waals surface area (Å²) in [5.74, 6) is 0.632. The number of nitrogens with one attached hydrogen (secondary N) is 1. The molecule has 0 aliphatic rings. The predicted octanol–water partition coefficient (Wildman–Crippen LogP) is 4.16. The fourth-order valence-electron chi connectivity index (χ4n) is 2.66. The number of hydrogen-bond acceptors (Lipinski definition) is 6. The van der Waals surface area contributed by atoms with Gasteiger partial charge in [-0.2, -0.15) is 0 Å². The predicted molar refractivity (Wildman–Crippen MR) is 105 cm³/mol. The molecule has 0 radical (unpaired) electrons. The number of halogens is 1. The van der Waals surface area contributed by atoms with Crippen LogP contribution in [0.4, 0.5) is 4.39 Å². The van der Waals surface area contributed by atoms with Crippen LogP contribution < -0.4 is 10.1 Å². The summed E-state index contributed by atoms with van der Waals surface area (Å²) in [5.41, 5.74) is 2.62. The third kappa shape index (κ3) is 4.89. The number of carbonyl (C=O) groups excluding carboxylic acids is 1. The summed E-state index contributed by atoms with van der Waals surface area (Å²) in [4.78, 5) is 12.3. The third-order valence-corrected chi connectivity index (χ3v) is 4.87. The molecule has 0 fully saturated rings. The van der Waals surface area contributed by atoms with Crippen LogP contribution in [-0.4, -0.2) is 29.0 Å². The van der Waals surface area contributed by atoms with E-state index in [0.29, 0.717) is 5.56 Å². The number of carbonyl (C=O) groups is 1. The number of thioether (sulfide) groups is 1. The molecule has 0 saturated heterocycles. The number of hydrogen-bond donors (Lipinski definition) is 1. The lowest BCUT2D eigenvalue weighted by Crippen LogP contribution is -2.28. The summed E-state index contributed by atoms with van der Waals surface area (Å²) in [6.07, 6.45) is 0. The number of benzene rings is 2. The van der Waals surface area contributed by atoms with Gasteiger partial charge in [-0.15, -0.1) is 10.2 Å². The average Bonchev–Trinajstić information content (AvgIpc) is 3.16. The normalized spacial score (nSPS) is 11.9. The van der Waals surface area contributed by atoms with Crippen LogP contribution in [0.15, 0.2) is 52.1 Å². The van der Waals surface area contributed by atoms with Crippen molar-refractivity contribution in [2.24, 2.45) is 0 Å². The molecule has 3 rings (SSSR count). The molecule has 1 N–H and O–H groups in total. The summed E-state index contributed by atoms with van der Waals surface area (Å²) >= 11 is 1.14. The molecule has 28 heavy (non-hydrogen) atoms. The van der Waals surface area contributed by atoms with Crippen molar-refractivity contribution in [1.82, 2.24) is 15.5 Å².